The van der Waals surface area contributed by atoms with Crippen molar-refractivity contribution < 1.29 is 9.59 Å². The molecule has 6 nitrogen and oxygen atoms in total. The van der Waals surface area contributed by atoms with Crippen LogP contribution in [0.5, 0.6) is 0 Å². The van der Waals surface area contributed by atoms with Crippen LogP contribution in [0.4, 0.5) is 0 Å². The second-order valence-electron chi connectivity index (χ2n) is 10.2. The fraction of sp³-hybridized carbons (Fsp3) is 0.654. The molecule has 176 valence electrons. The molecule has 1 saturated carbocycles. The monoisotopic (exact) mass is 440 g/mol. The lowest BCUT2D eigenvalue weighted by atomic mass is 9.66. The third-order valence-electron chi connectivity index (χ3n) is 7.15. The molecule has 1 N–H and O–H groups in total. The van der Waals surface area contributed by atoms with Gasteiger partial charge in [-0.1, -0.05) is 40.7 Å². The molecule has 6 heteroatoms. The molecule has 32 heavy (non-hydrogen) atoms. The Morgan fingerprint density at radius 2 is 1.91 bits per heavy atom. The van der Waals surface area contributed by atoms with Gasteiger partial charge in [0.25, 0.3) is 5.91 Å². The number of imidazole rings is 1. The molecular weight excluding hydrogens is 400 g/mol. The zero-order valence-corrected chi connectivity index (χ0v) is 20.5. The van der Waals surface area contributed by atoms with Crippen molar-refractivity contribution in [2.45, 2.75) is 73.1 Å². The van der Waals surface area contributed by atoms with Crippen LogP contribution in [0.25, 0.3) is 5.65 Å². The number of carbonyl (C=O) groups is 2. The van der Waals surface area contributed by atoms with Crippen LogP contribution in [0.3, 0.4) is 0 Å². The highest BCUT2D eigenvalue weighted by molar-refractivity contribution is 5.93. The maximum absolute atomic E-state index is 13.0. The van der Waals surface area contributed by atoms with E-state index in [0.29, 0.717) is 34.9 Å². The molecule has 0 aliphatic heterocycles. The SMILES string of the molecule is CCCN(CCC)C(=O)Cc1cn2c(C(=O)NC[C@@H]3CCC(C)C(C)(C)C3)cccc2n1. The van der Waals surface area contributed by atoms with E-state index in [2.05, 4.69) is 44.9 Å². The molecule has 1 aliphatic carbocycles. The summed E-state index contributed by atoms with van der Waals surface area (Å²) in [6.45, 7) is 13.4. The number of aromatic nitrogens is 2. The summed E-state index contributed by atoms with van der Waals surface area (Å²) in [5.41, 5.74) is 2.29. The van der Waals surface area contributed by atoms with Crippen molar-refractivity contribution in [3.05, 3.63) is 35.8 Å². The zero-order valence-electron chi connectivity index (χ0n) is 20.5. The second kappa shape index (κ2) is 10.5. The molecule has 2 aromatic heterocycles. The van der Waals surface area contributed by atoms with Crippen molar-refractivity contribution in [3.63, 3.8) is 0 Å². The number of hydrogen-bond acceptors (Lipinski definition) is 3. The summed E-state index contributed by atoms with van der Waals surface area (Å²) < 4.78 is 1.81. The maximum atomic E-state index is 13.0. The smallest absolute Gasteiger partial charge is 0.268 e. The fourth-order valence-corrected chi connectivity index (χ4v) is 4.92. The first-order valence-corrected chi connectivity index (χ1v) is 12.3. The lowest BCUT2D eigenvalue weighted by Crippen LogP contribution is -2.37. The van der Waals surface area contributed by atoms with E-state index in [1.165, 1.54) is 12.8 Å². The van der Waals surface area contributed by atoms with Gasteiger partial charge in [0, 0.05) is 25.8 Å². The highest BCUT2D eigenvalue weighted by atomic mass is 16.2. The first-order chi connectivity index (χ1) is 15.2. The van der Waals surface area contributed by atoms with Crippen LogP contribution in [-0.4, -0.2) is 45.7 Å². The molecule has 0 spiro atoms. The van der Waals surface area contributed by atoms with Crippen LogP contribution in [0.1, 0.15) is 82.9 Å². The van der Waals surface area contributed by atoms with Gasteiger partial charge in [0.15, 0.2) is 0 Å². The maximum Gasteiger partial charge on any atom is 0.268 e. The number of rotatable bonds is 9. The highest BCUT2D eigenvalue weighted by Gasteiger charge is 2.34. The highest BCUT2D eigenvalue weighted by Crippen LogP contribution is 2.42. The van der Waals surface area contributed by atoms with E-state index in [4.69, 9.17) is 0 Å². The summed E-state index contributed by atoms with van der Waals surface area (Å²) in [4.78, 5) is 32.3. The molecule has 0 saturated heterocycles. The summed E-state index contributed by atoms with van der Waals surface area (Å²) in [6, 6.07) is 5.56. The predicted octanol–water partition coefficient (Wildman–Crippen LogP) is 4.72. The van der Waals surface area contributed by atoms with Gasteiger partial charge >= 0.3 is 0 Å². The second-order valence-corrected chi connectivity index (χ2v) is 10.2. The topological polar surface area (TPSA) is 66.7 Å². The van der Waals surface area contributed by atoms with Gasteiger partial charge in [-0.15, -0.1) is 0 Å². The van der Waals surface area contributed by atoms with Crippen molar-refractivity contribution >= 4 is 17.5 Å². The standard InChI is InChI=1S/C26H40N4O2/c1-6-13-29(14-7-2)24(31)15-21-18-30-22(9-8-10-23(30)28-21)25(32)27-17-20-12-11-19(3)26(4,5)16-20/h8-10,18-20H,6-7,11-17H2,1-5H3,(H,27,32)/t19?,20-/m1/s1. The van der Waals surface area contributed by atoms with Crippen LogP contribution < -0.4 is 5.32 Å². The largest absolute Gasteiger partial charge is 0.350 e. The van der Waals surface area contributed by atoms with Gasteiger partial charge in [0.05, 0.1) is 12.1 Å². The number of amides is 2. The molecule has 2 atom stereocenters. The molecule has 1 fully saturated rings. The van der Waals surface area contributed by atoms with E-state index in [1.54, 1.807) is 0 Å². The summed E-state index contributed by atoms with van der Waals surface area (Å²) >= 11 is 0. The molecule has 3 rings (SSSR count). The Bertz CT molecular complexity index is 927. The fourth-order valence-electron chi connectivity index (χ4n) is 4.92. The molecule has 1 unspecified atom stereocenters. The molecule has 0 bridgehead atoms. The Morgan fingerprint density at radius 3 is 2.56 bits per heavy atom. The third-order valence-corrected chi connectivity index (χ3v) is 7.15. The lowest BCUT2D eigenvalue weighted by Gasteiger charge is -2.40. The van der Waals surface area contributed by atoms with Gasteiger partial charge in [-0.3, -0.25) is 14.0 Å². The number of hydrogen-bond donors (Lipinski definition) is 1. The van der Waals surface area contributed by atoms with Crippen LogP contribution in [0.2, 0.25) is 0 Å². The van der Waals surface area contributed by atoms with E-state index < -0.39 is 0 Å². The molecule has 2 aromatic rings. The number of fused-ring (bicyclic) bond motifs is 1. The Kier molecular flexibility index (Phi) is 7.96. The molecule has 2 amide bonds. The van der Waals surface area contributed by atoms with Crippen molar-refractivity contribution in [1.82, 2.24) is 19.6 Å². The van der Waals surface area contributed by atoms with E-state index in [-0.39, 0.29) is 18.2 Å². The first kappa shape index (κ1) is 24.3. The quantitative estimate of drug-likeness (QED) is 0.614. The Hall–Kier alpha value is -2.37. The van der Waals surface area contributed by atoms with Crippen molar-refractivity contribution in [2.24, 2.45) is 17.3 Å². The number of nitrogens with zero attached hydrogens (tertiary/aromatic N) is 3. The molecule has 2 heterocycles. The van der Waals surface area contributed by atoms with E-state index in [1.807, 2.05) is 33.7 Å². The van der Waals surface area contributed by atoms with Crippen LogP contribution >= 0.6 is 0 Å². The number of pyridine rings is 1. The minimum absolute atomic E-state index is 0.0825. The van der Waals surface area contributed by atoms with E-state index in [0.717, 1.165) is 38.3 Å². The number of carbonyl (C=O) groups excluding carboxylic acids is 2. The normalized spacial score (nSPS) is 20.3. The summed E-state index contributed by atoms with van der Waals surface area (Å²) in [6.07, 6.45) is 7.51. The average molecular weight is 441 g/mol. The molecule has 1 aliphatic rings. The van der Waals surface area contributed by atoms with Crippen LogP contribution in [0.15, 0.2) is 24.4 Å². The Balaban J connectivity index is 1.68. The Labute approximate surface area is 192 Å². The van der Waals surface area contributed by atoms with Crippen molar-refractivity contribution in [3.8, 4) is 0 Å². The van der Waals surface area contributed by atoms with Gasteiger partial charge in [-0.05, 0) is 61.5 Å². The third kappa shape index (κ3) is 5.70. The predicted molar refractivity (Wildman–Crippen MR) is 129 cm³/mol. The minimum atomic E-state index is -0.0825. The van der Waals surface area contributed by atoms with Gasteiger partial charge in [0.2, 0.25) is 5.91 Å². The van der Waals surface area contributed by atoms with Crippen molar-refractivity contribution in [2.75, 3.05) is 19.6 Å². The van der Waals surface area contributed by atoms with E-state index in [9.17, 15) is 9.59 Å². The van der Waals surface area contributed by atoms with Crippen LogP contribution in [0, 0.1) is 17.3 Å². The minimum Gasteiger partial charge on any atom is -0.350 e. The summed E-state index contributed by atoms with van der Waals surface area (Å²) in [5, 5.41) is 3.15. The van der Waals surface area contributed by atoms with Gasteiger partial charge < -0.3 is 10.2 Å². The molecule has 0 radical (unpaired) electrons. The summed E-state index contributed by atoms with van der Waals surface area (Å²) in [7, 11) is 0. The van der Waals surface area contributed by atoms with Gasteiger partial charge in [-0.25, -0.2) is 4.98 Å². The molecule has 0 aromatic carbocycles. The number of nitrogens with one attached hydrogen (secondary N) is 1. The molecular formula is C26H40N4O2. The average Bonchev–Trinajstić information content (AvgIpc) is 3.16. The van der Waals surface area contributed by atoms with Crippen LogP contribution in [-0.2, 0) is 11.2 Å². The van der Waals surface area contributed by atoms with Gasteiger partial charge in [0.1, 0.15) is 11.3 Å². The Morgan fingerprint density at radius 1 is 1.19 bits per heavy atom. The lowest BCUT2D eigenvalue weighted by molar-refractivity contribution is -0.130. The zero-order chi connectivity index (χ0) is 23.3. The van der Waals surface area contributed by atoms with Gasteiger partial charge in [-0.2, -0.15) is 0 Å². The first-order valence-electron chi connectivity index (χ1n) is 12.3. The van der Waals surface area contributed by atoms with Crippen molar-refractivity contribution in [1.29, 1.82) is 0 Å². The summed E-state index contributed by atoms with van der Waals surface area (Å²) in [5.74, 6) is 1.25. The van der Waals surface area contributed by atoms with E-state index >= 15 is 0 Å².